The molecule has 176 valence electrons. The van der Waals surface area contributed by atoms with Crippen LogP contribution < -0.4 is 5.32 Å². The van der Waals surface area contributed by atoms with Gasteiger partial charge in [0.2, 0.25) is 5.91 Å². The van der Waals surface area contributed by atoms with Crippen molar-refractivity contribution < 1.29 is 29.0 Å². The van der Waals surface area contributed by atoms with E-state index >= 15 is 0 Å². The molecule has 3 atom stereocenters. The van der Waals surface area contributed by atoms with E-state index in [1.165, 1.54) is 5.01 Å². The number of carboxylic acid groups (broad SMARTS) is 1. The Hall–Kier alpha value is -2.46. The van der Waals surface area contributed by atoms with Gasteiger partial charge in [-0.15, -0.1) is 17.0 Å². The summed E-state index contributed by atoms with van der Waals surface area (Å²) in [5.41, 5.74) is 1.05. The predicted octanol–water partition coefficient (Wildman–Crippen LogP) is 1.70. The molecule has 0 spiro atoms. The molecule has 10 heteroatoms. The van der Waals surface area contributed by atoms with Crippen LogP contribution in [0.15, 0.2) is 30.3 Å². The Balaban J connectivity index is 0.00000363. The minimum absolute atomic E-state index is 0. The minimum Gasteiger partial charge on any atom is -0.480 e. The highest BCUT2D eigenvalue weighted by molar-refractivity contribution is 8.93. The quantitative estimate of drug-likeness (QED) is 0.510. The molecule has 2 amide bonds. The van der Waals surface area contributed by atoms with Crippen LogP contribution in [0, 0.1) is 0 Å². The zero-order valence-corrected chi connectivity index (χ0v) is 19.8. The van der Waals surface area contributed by atoms with Crippen LogP contribution in [-0.2, 0) is 30.3 Å². The summed E-state index contributed by atoms with van der Waals surface area (Å²) in [6.07, 6.45) is 2.11. The van der Waals surface area contributed by atoms with Gasteiger partial charge in [0.25, 0.3) is 5.91 Å². The maximum atomic E-state index is 13.3. The van der Waals surface area contributed by atoms with Crippen LogP contribution in [0.2, 0.25) is 0 Å². The molecule has 0 unspecified atom stereocenters. The highest BCUT2D eigenvalue weighted by Gasteiger charge is 2.45. The van der Waals surface area contributed by atoms with Crippen molar-refractivity contribution in [2.24, 2.45) is 0 Å². The van der Waals surface area contributed by atoms with Gasteiger partial charge in [-0.3, -0.25) is 24.7 Å². The monoisotopic (exact) mass is 511 g/mol. The first-order chi connectivity index (χ1) is 14.9. The largest absolute Gasteiger partial charge is 0.480 e. The summed E-state index contributed by atoms with van der Waals surface area (Å²) in [5, 5.41) is 15.0. The molecule has 2 saturated heterocycles. The third-order valence-corrected chi connectivity index (χ3v) is 5.68. The molecular weight excluding hydrogens is 482 g/mol. The number of carbonyl (C=O) groups is 4. The number of hydrogen-bond acceptors (Lipinski definition) is 6. The molecule has 2 heterocycles. The third kappa shape index (κ3) is 6.07. The van der Waals surface area contributed by atoms with Crippen molar-refractivity contribution in [3.05, 3.63) is 35.9 Å². The average molecular weight is 512 g/mol. The molecule has 0 radical (unpaired) electrons. The molecule has 3 rings (SSSR count). The standard InChI is InChI=1S/C22H29N3O6.BrH/c1-2-31-22(30)17(11-10-15-7-4-3-5-8-15)23-16-12-13-19(26)24-14-6-9-18(21(28)29)25(24)20(16)27;/h3-5,7-8,16-18,23H,2,6,9-14H2,1H3,(H,28,29);1H/t16-,17+,18-;/m0./s1. The van der Waals surface area contributed by atoms with E-state index < -0.39 is 36.0 Å². The van der Waals surface area contributed by atoms with Crippen LogP contribution in [0.1, 0.15) is 44.6 Å². The lowest BCUT2D eigenvalue weighted by molar-refractivity contribution is -0.181. The van der Waals surface area contributed by atoms with Crippen LogP contribution in [0.4, 0.5) is 0 Å². The van der Waals surface area contributed by atoms with Gasteiger partial charge in [-0.2, -0.15) is 0 Å². The second-order valence-electron chi connectivity index (χ2n) is 7.78. The average Bonchev–Trinajstić information content (AvgIpc) is 2.89. The smallest absolute Gasteiger partial charge is 0.328 e. The summed E-state index contributed by atoms with van der Waals surface area (Å²) in [7, 11) is 0. The zero-order chi connectivity index (χ0) is 22.4. The van der Waals surface area contributed by atoms with Crippen LogP contribution in [-0.4, -0.2) is 70.2 Å². The number of aliphatic carboxylic acids is 1. The summed E-state index contributed by atoms with van der Waals surface area (Å²) >= 11 is 0. The predicted molar refractivity (Wildman–Crippen MR) is 121 cm³/mol. The number of carbonyl (C=O) groups excluding carboxylic acids is 3. The number of rotatable bonds is 8. The van der Waals surface area contributed by atoms with Crippen LogP contribution in [0.3, 0.4) is 0 Å². The maximum absolute atomic E-state index is 13.3. The fourth-order valence-electron chi connectivity index (χ4n) is 4.12. The molecule has 2 aliphatic rings. The summed E-state index contributed by atoms with van der Waals surface area (Å²) in [6, 6.07) is 6.98. The molecule has 0 saturated carbocycles. The Morgan fingerprint density at radius 2 is 1.94 bits per heavy atom. The van der Waals surface area contributed by atoms with Crippen molar-refractivity contribution in [1.82, 2.24) is 15.3 Å². The van der Waals surface area contributed by atoms with Crippen molar-refractivity contribution in [3.63, 3.8) is 0 Å². The Bertz CT molecular complexity index is 821. The molecule has 1 aromatic carbocycles. The Morgan fingerprint density at radius 3 is 2.59 bits per heavy atom. The maximum Gasteiger partial charge on any atom is 0.328 e. The summed E-state index contributed by atoms with van der Waals surface area (Å²) < 4.78 is 5.19. The van der Waals surface area contributed by atoms with Crippen molar-refractivity contribution in [2.75, 3.05) is 13.2 Å². The van der Waals surface area contributed by atoms with Gasteiger partial charge in [-0.25, -0.2) is 9.80 Å². The van der Waals surface area contributed by atoms with Crippen molar-refractivity contribution >= 4 is 40.7 Å². The number of halogens is 1. The van der Waals surface area contributed by atoms with Crippen LogP contribution >= 0.6 is 17.0 Å². The molecule has 9 nitrogen and oxygen atoms in total. The van der Waals surface area contributed by atoms with Gasteiger partial charge in [0.1, 0.15) is 6.04 Å². The first-order valence-electron chi connectivity index (χ1n) is 10.7. The Labute approximate surface area is 197 Å². The molecule has 2 aliphatic heterocycles. The number of hydrogen-bond donors (Lipinski definition) is 2. The Morgan fingerprint density at radius 1 is 1.22 bits per heavy atom. The summed E-state index contributed by atoms with van der Waals surface area (Å²) in [5.74, 6) is -2.38. The van der Waals surface area contributed by atoms with Gasteiger partial charge in [0.05, 0.1) is 12.6 Å². The molecule has 32 heavy (non-hydrogen) atoms. The van der Waals surface area contributed by atoms with Gasteiger partial charge < -0.3 is 9.84 Å². The van der Waals surface area contributed by atoms with Crippen LogP contribution in [0.25, 0.3) is 0 Å². The second kappa shape index (κ2) is 12.0. The number of fused-ring (bicyclic) bond motifs is 1. The second-order valence-corrected chi connectivity index (χ2v) is 7.78. The number of nitrogens with zero attached hydrogens (tertiary/aromatic N) is 2. The van der Waals surface area contributed by atoms with E-state index in [-0.39, 0.29) is 48.8 Å². The highest BCUT2D eigenvalue weighted by Crippen LogP contribution is 2.25. The zero-order valence-electron chi connectivity index (χ0n) is 18.1. The normalized spacial score (nSPS) is 21.8. The molecule has 1 aromatic rings. The molecular formula is C22H30BrN3O6. The van der Waals surface area contributed by atoms with E-state index in [1.807, 2.05) is 30.3 Å². The number of esters is 1. The first kappa shape index (κ1) is 25.8. The lowest BCUT2D eigenvalue weighted by atomic mass is 10.0. The SMILES string of the molecule is Br.CCOC(=O)[C@@H](CCc1ccccc1)N[C@H]1CCC(=O)N2CCC[C@@H](C(=O)O)N2C1=O. The summed E-state index contributed by atoms with van der Waals surface area (Å²) in [6.45, 7) is 2.24. The molecule has 2 fully saturated rings. The molecule has 0 aromatic heterocycles. The van der Waals surface area contributed by atoms with E-state index in [0.29, 0.717) is 25.8 Å². The fraction of sp³-hybridized carbons (Fsp3) is 0.545. The minimum atomic E-state index is -1.14. The number of ether oxygens (including phenoxy) is 1. The lowest BCUT2D eigenvalue weighted by Gasteiger charge is -2.42. The number of amides is 2. The van der Waals surface area contributed by atoms with Gasteiger partial charge in [0.15, 0.2) is 6.04 Å². The molecule has 0 bridgehead atoms. The number of nitrogens with one attached hydrogen (secondary N) is 1. The topological polar surface area (TPSA) is 116 Å². The lowest BCUT2D eigenvalue weighted by Crippen LogP contribution is -2.62. The highest BCUT2D eigenvalue weighted by atomic mass is 79.9. The van der Waals surface area contributed by atoms with Crippen molar-refractivity contribution in [3.8, 4) is 0 Å². The van der Waals surface area contributed by atoms with E-state index in [2.05, 4.69) is 5.32 Å². The van der Waals surface area contributed by atoms with E-state index in [9.17, 15) is 24.3 Å². The number of carboxylic acids is 1. The van der Waals surface area contributed by atoms with Gasteiger partial charge >= 0.3 is 11.9 Å². The fourth-order valence-corrected chi connectivity index (χ4v) is 4.12. The molecule has 2 N–H and O–H groups in total. The van der Waals surface area contributed by atoms with Crippen LogP contribution in [0.5, 0.6) is 0 Å². The van der Waals surface area contributed by atoms with Gasteiger partial charge in [-0.1, -0.05) is 30.3 Å². The van der Waals surface area contributed by atoms with Crippen molar-refractivity contribution in [2.45, 2.75) is 63.6 Å². The third-order valence-electron chi connectivity index (χ3n) is 5.68. The Kier molecular flexibility index (Phi) is 9.64. The van der Waals surface area contributed by atoms with E-state index in [1.54, 1.807) is 6.92 Å². The van der Waals surface area contributed by atoms with E-state index in [4.69, 9.17) is 4.74 Å². The van der Waals surface area contributed by atoms with Gasteiger partial charge in [0, 0.05) is 13.0 Å². The number of benzene rings is 1. The van der Waals surface area contributed by atoms with Gasteiger partial charge in [-0.05, 0) is 44.6 Å². The number of hydrazine groups is 1. The van der Waals surface area contributed by atoms with E-state index in [0.717, 1.165) is 10.6 Å². The van der Waals surface area contributed by atoms with Crippen molar-refractivity contribution in [1.29, 1.82) is 0 Å². The number of aryl methyl sites for hydroxylation is 1. The molecule has 0 aliphatic carbocycles. The first-order valence-corrected chi connectivity index (χ1v) is 10.7. The summed E-state index contributed by atoms with van der Waals surface area (Å²) in [4.78, 5) is 50.1.